The summed E-state index contributed by atoms with van der Waals surface area (Å²) in [7, 11) is 0. The molecule has 0 saturated carbocycles. The number of hydrogen-bond donors (Lipinski definition) is 0. The van der Waals surface area contributed by atoms with Crippen LogP contribution in [-0.4, -0.2) is 37.2 Å². The van der Waals surface area contributed by atoms with Gasteiger partial charge in [-0.25, -0.2) is 0 Å². The van der Waals surface area contributed by atoms with Crippen molar-refractivity contribution in [3.8, 4) is 0 Å². The van der Waals surface area contributed by atoms with Crippen molar-refractivity contribution < 1.29 is 28.6 Å². The molecule has 0 heterocycles. The van der Waals surface area contributed by atoms with Gasteiger partial charge in [0.05, 0.1) is 6.42 Å². The van der Waals surface area contributed by atoms with Crippen LogP contribution in [0.2, 0.25) is 0 Å². The second-order valence-corrected chi connectivity index (χ2v) is 15.3. The molecule has 1 atom stereocenters. The minimum atomic E-state index is -0.821. The van der Waals surface area contributed by atoms with Crippen LogP contribution in [0.5, 0.6) is 0 Å². The van der Waals surface area contributed by atoms with Gasteiger partial charge in [-0.2, -0.15) is 0 Å². The molecule has 0 saturated heterocycles. The topological polar surface area (TPSA) is 78.9 Å². The highest BCUT2D eigenvalue weighted by Crippen LogP contribution is 2.15. The number of hydrogen-bond acceptors (Lipinski definition) is 6. The van der Waals surface area contributed by atoms with Crippen LogP contribution in [0.3, 0.4) is 0 Å². The molecule has 0 aliphatic heterocycles. The van der Waals surface area contributed by atoms with E-state index in [-0.39, 0.29) is 31.6 Å². The molecular formula is C50H86O6. The van der Waals surface area contributed by atoms with Gasteiger partial charge in [0.1, 0.15) is 13.2 Å². The number of esters is 3. The molecule has 322 valence electrons. The van der Waals surface area contributed by atoms with Gasteiger partial charge >= 0.3 is 17.9 Å². The van der Waals surface area contributed by atoms with E-state index in [0.717, 1.165) is 70.6 Å². The maximum Gasteiger partial charge on any atom is 0.310 e. The van der Waals surface area contributed by atoms with Crippen molar-refractivity contribution in [3.63, 3.8) is 0 Å². The van der Waals surface area contributed by atoms with Gasteiger partial charge in [0.2, 0.25) is 0 Å². The van der Waals surface area contributed by atoms with Crippen LogP contribution in [0.25, 0.3) is 0 Å². The number of carbonyl (C=O) groups is 3. The molecule has 1 unspecified atom stereocenters. The molecule has 0 rings (SSSR count). The molecular weight excluding hydrogens is 697 g/mol. The van der Waals surface area contributed by atoms with Crippen LogP contribution >= 0.6 is 0 Å². The van der Waals surface area contributed by atoms with Gasteiger partial charge < -0.3 is 14.2 Å². The van der Waals surface area contributed by atoms with Gasteiger partial charge in [0.15, 0.2) is 6.10 Å². The lowest BCUT2D eigenvalue weighted by atomic mass is 10.0. The third-order valence-electron chi connectivity index (χ3n) is 9.82. The maximum atomic E-state index is 12.6. The third-order valence-corrected chi connectivity index (χ3v) is 9.82. The smallest absolute Gasteiger partial charge is 0.310 e. The van der Waals surface area contributed by atoms with Gasteiger partial charge in [-0.15, -0.1) is 0 Å². The molecule has 0 aliphatic carbocycles. The number of ether oxygens (including phenoxy) is 3. The first kappa shape index (κ1) is 53.1. The number of allylic oxidation sites excluding steroid dienone is 9. The first-order chi connectivity index (χ1) is 27.5. The maximum absolute atomic E-state index is 12.6. The van der Waals surface area contributed by atoms with Crippen LogP contribution < -0.4 is 0 Å². The number of rotatable bonds is 41. The summed E-state index contributed by atoms with van der Waals surface area (Å²) in [4.78, 5) is 37.6. The predicted molar refractivity (Wildman–Crippen MR) is 238 cm³/mol. The van der Waals surface area contributed by atoms with E-state index >= 15 is 0 Å². The Kier molecular flexibility index (Phi) is 42.5. The van der Waals surface area contributed by atoms with Crippen molar-refractivity contribution >= 4 is 17.9 Å². The molecule has 0 amide bonds. The first-order valence-electron chi connectivity index (χ1n) is 23.3. The van der Waals surface area contributed by atoms with E-state index in [1.165, 1.54) is 109 Å². The normalized spacial score (nSPS) is 12.6. The average Bonchev–Trinajstić information content (AvgIpc) is 3.19. The highest BCUT2D eigenvalue weighted by atomic mass is 16.6. The van der Waals surface area contributed by atoms with Gasteiger partial charge in [0, 0.05) is 12.8 Å². The summed E-state index contributed by atoms with van der Waals surface area (Å²) < 4.78 is 16.6. The van der Waals surface area contributed by atoms with Crippen LogP contribution in [-0.2, 0) is 28.6 Å². The quantitative estimate of drug-likeness (QED) is 0.0266. The molecule has 0 aliphatic rings. The Bertz CT molecular complexity index is 1040. The minimum Gasteiger partial charge on any atom is -0.462 e. The van der Waals surface area contributed by atoms with Crippen LogP contribution in [0.15, 0.2) is 60.8 Å². The van der Waals surface area contributed by atoms with E-state index < -0.39 is 12.1 Å². The van der Waals surface area contributed by atoms with Crippen molar-refractivity contribution in [2.75, 3.05) is 13.2 Å². The first-order valence-corrected chi connectivity index (χ1v) is 23.3. The summed E-state index contributed by atoms with van der Waals surface area (Å²) in [6.45, 7) is 6.39. The molecule has 0 spiro atoms. The number of carbonyl (C=O) groups excluding carboxylic acids is 3. The van der Waals surface area contributed by atoms with Gasteiger partial charge in [-0.05, 0) is 44.9 Å². The zero-order valence-electron chi connectivity index (χ0n) is 36.6. The van der Waals surface area contributed by atoms with E-state index in [1.807, 2.05) is 6.08 Å². The molecule has 0 aromatic heterocycles. The summed E-state index contributed by atoms with van der Waals surface area (Å²) in [5, 5.41) is 0. The van der Waals surface area contributed by atoms with Crippen LogP contribution in [0.1, 0.15) is 220 Å². The lowest BCUT2D eigenvalue weighted by Gasteiger charge is -2.18. The molecule has 56 heavy (non-hydrogen) atoms. The monoisotopic (exact) mass is 783 g/mol. The Labute approximate surface area is 345 Å². The zero-order valence-corrected chi connectivity index (χ0v) is 36.6. The van der Waals surface area contributed by atoms with Crippen LogP contribution in [0, 0.1) is 0 Å². The van der Waals surface area contributed by atoms with Crippen molar-refractivity contribution in [2.24, 2.45) is 0 Å². The molecule has 6 heteroatoms. The van der Waals surface area contributed by atoms with E-state index in [4.69, 9.17) is 14.2 Å². The van der Waals surface area contributed by atoms with Gasteiger partial charge in [-0.1, -0.05) is 216 Å². The lowest BCUT2D eigenvalue weighted by molar-refractivity contribution is -0.166. The standard InChI is InChI=1S/C50H86O6/c1-4-7-10-13-16-18-20-22-24-26-27-29-31-34-37-40-43-49(52)55-46-47(45-54-48(51)42-39-36-33-15-12-9-6-3)56-50(53)44-41-38-35-32-30-28-25-23-21-19-17-14-11-8-5-2/h8,11,17,19,23,25,30,32,38,41,47H,4-7,9-10,12-16,18,20-22,24,26-29,31,33-37,39-40,42-46H2,1-3H3/b11-8-,19-17-,25-23-,32-30-,41-38-. The van der Waals surface area contributed by atoms with Crippen molar-refractivity contribution in [1.82, 2.24) is 0 Å². The van der Waals surface area contributed by atoms with Gasteiger partial charge in [0.25, 0.3) is 0 Å². The lowest BCUT2D eigenvalue weighted by Crippen LogP contribution is -2.30. The summed E-state index contributed by atoms with van der Waals surface area (Å²) in [5.74, 6) is -1.05. The Morgan fingerprint density at radius 2 is 0.679 bits per heavy atom. The minimum absolute atomic E-state index is 0.100. The van der Waals surface area contributed by atoms with Crippen LogP contribution in [0.4, 0.5) is 0 Å². The van der Waals surface area contributed by atoms with Gasteiger partial charge in [-0.3, -0.25) is 14.4 Å². The van der Waals surface area contributed by atoms with E-state index in [0.29, 0.717) is 12.8 Å². The highest BCUT2D eigenvalue weighted by molar-refractivity contribution is 5.72. The van der Waals surface area contributed by atoms with Crippen molar-refractivity contribution in [1.29, 1.82) is 0 Å². The molecule has 0 bridgehead atoms. The Balaban J connectivity index is 4.40. The summed E-state index contributed by atoms with van der Waals surface area (Å²) in [6.07, 6.45) is 53.9. The largest absolute Gasteiger partial charge is 0.462 e. The van der Waals surface area contributed by atoms with E-state index in [9.17, 15) is 14.4 Å². The van der Waals surface area contributed by atoms with E-state index in [1.54, 1.807) is 6.08 Å². The average molecular weight is 783 g/mol. The molecule has 0 fully saturated rings. The molecule has 0 radical (unpaired) electrons. The summed E-state index contributed by atoms with van der Waals surface area (Å²) in [6, 6.07) is 0. The highest BCUT2D eigenvalue weighted by Gasteiger charge is 2.19. The molecule has 0 aromatic rings. The molecule has 0 N–H and O–H groups in total. The molecule has 6 nitrogen and oxygen atoms in total. The Morgan fingerprint density at radius 3 is 1.02 bits per heavy atom. The zero-order chi connectivity index (χ0) is 40.8. The second kappa shape index (κ2) is 44.8. The predicted octanol–water partition coefficient (Wildman–Crippen LogP) is 14.9. The fourth-order valence-corrected chi connectivity index (χ4v) is 6.34. The fourth-order valence-electron chi connectivity index (χ4n) is 6.34. The molecule has 0 aromatic carbocycles. The Morgan fingerprint density at radius 1 is 0.375 bits per heavy atom. The summed E-state index contributed by atoms with van der Waals surface area (Å²) >= 11 is 0. The fraction of sp³-hybridized carbons (Fsp3) is 0.740. The number of unbranched alkanes of at least 4 members (excludes halogenated alkanes) is 21. The Hall–Kier alpha value is -2.89. The van der Waals surface area contributed by atoms with E-state index in [2.05, 4.69) is 69.4 Å². The van der Waals surface area contributed by atoms with Crippen molar-refractivity contribution in [3.05, 3.63) is 60.8 Å². The SMILES string of the molecule is CC/C=C\C/C=C\C/C=C\C/C=C\C/C=C\CC(=O)OC(COC(=O)CCCCCCCCC)COC(=O)CCCCCCCCCCCCCCCCCC. The second-order valence-electron chi connectivity index (χ2n) is 15.3. The summed E-state index contributed by atoms with van der Waals surface area (Å²) in [5.41, 5.74) is 0. The third kappa shape index (κ3) is 42.3. The van der Waals surface area contributed by atoms with Crippen molar-refractivity contribution in [2.45, 2.75) is 226 Å².